The summed E-state index contributed by atoms with van der Waals surface area (Å²) in [7, 11) is 0. The lowest BCUT2D eigenvalue weighted by atomic mass is 9.95. The molecule has 0 saturated heterocycles. The number of aryl methyl sites for hydroxylation is 2. The second-order valence-electron chi connectivity index (χ2n) is 6.41. The van der Waals surface area contributed by atoms with Crippen molar-refractivity contribution in [2.45, 2.75) is 26.7 Å². The molecule has 132 valence electrons. The van der Waals surface area contributed by atoms with Gasteiger partial charge in [0, 0.05) is 17.0 Å². The van der Waals surface area contributed by atoms with Gasteiger partial charge < -0.3 is 14.6 Å². The lowest BCUT2D eigenvalue weighted by Crippen LogP contribution is -2.06. The number of rotatable bonds is 4. The van der Waals surface area contributed by atoms with Crippen LogP contribution in [0.25, 0.3) is 22.2 Å². The number of carbonyl (C=O) groups is 1. The van der Waals surface area contributed by atoms with Crippen molar-refractivity contribution in [3.05, 3.63) is 53.1 Å². The predicted molar refractivity (Wildman–Crippen MR) is 98.8 cm³/mol. The van der Waals surface area contributed by atoms with E-state index in [0.29, 0.717) is 17.2 Å². The molecule has 2 aromatic carbocycles. The Bertz CT molecular complexity index is 1010. The van der Waals surface area contributed by atoms with Crippen molar-refractivity contribution in [1.82, 2.24) is 4.98 Å². The summed E-state index contributed by atoms with van der Waals surface area (Å²) in [5, 5.41) is 10.3. The van der Waals surface area contributed by atoms with E-state index >= 15 is 0 Å². The van der Waals surface area contributed by atoms with Gasteiger partial charge in [0.1, 0.15) is 0 Å². The number of pyridine rings is 1. The highest BCUT2D eigenvalue weighted by Gasteiger charge is 2.20. The van der Waals surface area contributed by atoms with Gasteiger partial charge in [0.15, 0.2) is 11.5 Å². The van der Waals surface area contributed by atoms with Crippen LogP contribution in [0, 0.1) is 6.92 Å². The minimum Gasteiger partial charge on any atom is -0.481 e. The predicted octanol–water partition coefficient (Wildman–Crippen LogP) is 4.13. The quantitative estimate of drug-likeness (QED) is 0.767. The third-order valence-electron chi connectivity index (χ3n) is 4.83. The molecule has 0 saturated carbocycles. The zero-order chi connectivity index (χ0) is 18.3. The van der Waals surface area contributed by atoms with Crippen LogP contribution < -0.4 is 9.47 Å². The summed E-state index contributed by atoms with van der Waals surface area (Å²) in [4.78, 5) is 16.2. The molecule has 1 aromatic heterocycles. The summed E-state index contributed by atoms with van der Waals surface area (Å²) in [6.45, 7) is 4.23. The van der Waals surface area contributed by atoms with Crippen LogP contribution >= 0.6 is 0 Å². The lowest BCUT2D eigenvalue weighted by Gasteiger charge is -2.15. The minimum absolute atomic E-state index is 0.0753. The second-order valence-corrected chi connectivity index (χ2v) is 6.41. The largest absolute Gasteiger partial charge is 0.481 e. The molecule has 5 heteroatoms. The summed E-state index contributed by atoms with van der Waals surface area (Å²) >= 11 is 0. The van der Waals surface area contributed by atoms with E-state index in [1.165, 1.54) is 5.56 Å². The number of aromatic nitrogens is 1. The van der Waals surface area contributed by atoms with Crippen LogP contribution in [0.1, 0.15) is 23.6 Å². The number of nitrogens with zero attached hydrogens (tertiary/aromatic N) is 1. The molecule has 0 amide bonds. The van der Waals surface area contributed by atoms with Crippen LogP contribution in [0.15, 0.2) is 36.4 Å². The Hall–Kier alpha value is -3.08. The molecule has 1 N–H and O–H groups in total. The molecule has 5 nitrogen and oxygen atoms in total. The summed E-state index contributed by atoms with van der Waals surface area (Å²) in [6.07, 6.45) is 0.879. The van der Waals surface area contributed by atoms with Crippen molar-refractivity contribution in [2.75, 3.05) is 6.79 Å². The fourth-order valence-electron chi connectivity index (χ4n) is 3.36. The van der Waals surface area contributed by atoms with E-state index in [0.717, 1.165) is 34.0 Å². The zero-order valence-corrected chi connectivity index (χ0v) is 14.7. The standard InChI is InChI=1S/C21H19NO4/c1-3-13-4-6-14(7-5-13)21-16(9-20(23)24)12(2)15-8-18-19(26-11-25-18)10-17(15)22-21/h4-8,10H,3,9,11H2,1-2H3,(H,23,24). The first-order chi connectivity index (χ1) is 12.6. The number of ether oxygens (including phenoxy) is 2. The highest BCUT2D eigenvalue weighted by molar-refractivity contribution is 5.91. The lowest BCUT2D eigenvalue weighted by molar-refractivity contribution is -0.136. The first kappa shape index (κ1) is 16.4. The Labute approximate surface area is 151 Å². The number of fused-ring (bicyclic) bond motifs is 2. The summed E-state index contributed by atoms with van der Waals surface area (Å²) in [6, 6.07) is 11.9. The first-order valence-corrected chi connectivity index (χ1v) is 8.60. The van der Waals surface area contributed by atoms with E-state index in [1.807, 2.05) is 31.2 Å². The maximum absolute atomic E-state index is 11.5. The Morgan fingerprint density at radius 3 is 2.50 bits per heavy atom. The molecule has 0 aliphatic carbocycles. The molecule has 0 spiro atoms. The SMILES string of the molecule is CCc1ccc(-c2nc3cc4c(cc3c(C)c2CC(=O)O)OCO4)cc1. The summed E-state index contributed by atoms with van der Waals surface area (Å²) < 4.78 is 10.9. The van der Waals surface area contributed by atoms with Crippen molar-refractivity contribution < 1.29 is 19.4 Å². The molecule has 0 unspecified atom stereocenters. The van der Waals surface area contributed by atoms with Crippen molar-refractivity contribution in [3.63, 3.8) is 0 Å². The molecule has 26 heavy (non-hydrogen) atoms. The van der Waals surface area contributed by atoms with Gasteiger partial charge in [-0.15, -0.1) is 0 Å². The van der Waals surface area contributed by atoms with Gasteiger partial charge in [-0.05, 0) is 36.1 Å². The number of hydrogen-bond donors (Lipinski definition) is 1. The van der Waals surface area contributed by atoms with Gasteiger partial charge >= 0.3 is 5.97 Å². The van der Waals surface area contributed by atoms with Gasteiger partial charge in [0.2, 0.25) is 6.79 Å². The van der Waals surface area contributed by atoms with Crippen molar-refractivity contribution in [3.8, 4) is 22.8 Å². The van der Waals surface area contributed by atoms with Crippen molar-refractivity contribution in [1.29, 1.82) is 0 Å². The fraction of sp³-hybridized carbons (Fsp3) is 0.238. The van der Waals surface area contributed by atoms with Crippen molar-refractivity contribution in [2.24, 2.45) is 0 Å². The zero-order valence-electron chi connectivity index (χ0n) is 14.7. The highest BCUT2D eigenvalue weighted by Crippen LogP contribution is 2.39. The second kappa shape index (κ2) is 6.33. The fourth-order valence-corrected chi connectivity index (χ4v) is 3.36. The van der Waals surface area contributed by atoms with Crippen LogP contribution in [0.5, 0.6) is 11.5 Å². The molecule has 0 radical (unpaired) electrons. The van der Waals surface area contributed by atoms with Gasteiger partial charge in [-0.2, -0.15) is 0 Å². The Kier molecular flexibility index (Phi) is 3.99. The topological polar surface area (TPSA) is 68.7 Å². The molecular weight excluding hydrogens is 330 g/mol. The summed E-state index contributed by atoms with van der Waals surface area (Å²) in [5.41, 5.74) is 5.27. The smallest absolute Gasteiger partial charge is 0.307 e. The van der Waals surface area contributed by atoms with E-state index < -0.39 is 5.97 Å². The number of benzene rings is 2. The average molecular weight is 349 g/mol. The van der Waals surface area contributed by atoms with Crippen LogP contribution in [-0.4, -0.2) is 22.9 Å². The van der Waals surface area contributed by atoms with Gasteiger partial charge in [0.25, 0.3) is 0 Å². The van der Waals surface area contributed by atoms with Gasteiger partial charge in [-0.25, -0.2) is 4.98 Å². The Morgan fingerprint density at radius 2 is 1.85 bits per heavy atom. The average Bonchev–Trinajstić information content (AvgIpc) is 3.10. The van der Waals surface area contributed by atoms with Crippen LogP contribution in [-0.2, 0) is 17.6 Å². The monoisotopic (exact) mass is 349 g/mol. The molecule has 0 fully saturated rings. The van der Waals surface area contributed by atoms with Crippen LogP contribution in [0.2, 0.25) is 0 Å². The highest BCUT2D eigenvalue weighted by atomic mass is 16.7. The van der Waals surface area contributed by atoms with Gasteiger partial charge in [-0.3, -0.25) is 4.79 Å². The third-order valence-corrected chi connectivity index (χ3v) is 4.83. The maximum atomic E-state index is 11.5. The molecule has 1 aliphatic rings. The van der Waals surface area contributed by atoms with Crippen molar-refractivity contribution >= 4 is 16.9 Å². The van der Waals surface area contributed by atoms with E-state index in [1.54, 1.807) is 0 Å². The maximum Gasteiger partial charge on any atom is 0.307 e. The normalized spacial score (nSPS) is 12.5. The van der Waals surface area contributed by atoms with E-state index in [4.69, 9.17) is 14.5 Å². The van der Waals surface area contributed by atoms with Gasteiger partial charge in [-0.1, -0.05) is 31.2 Å². The summed E-state index contributed by atoms with van der Waals surface area (Å²) in [5.74, 6) is 0.466. The molecule has 0 atom stereocenters. The molecule has 3 aromatic rings. The van der Waals surface area contributed by atoms with Gasteiger partial charge in [0.05, 0.1) is 17.6 Å². The molecule has 0 bridgehead atoms. The van der Waals surface area contributed by atoms with E-state index in [2.05, 4.69) is 19.1 Å². The Balaban J connectivity index is 1.96. The number of carboxylic acid groups (broad SMARTS) is 1. The molecular formula is C21H19NO4. The third kappa shape index (κ3) is 2.75. The van der Waals surface area contributed by atoms with Crippen LogP contribution in [0.3, 0.4) is 0 Å². The number of hydrogen-bond acceptors (Lipinski definition) is 4. The minimum atomic E-state index is -0.874. The number of carboxylic acids is 1. The number of aliphatic carboxylic acids is 1. The molecule has 4 rings (SSSR count). The Morgan fingerprint density at radius 1 is 1.15 bits per heavy atom. The van der Waals surface area contributed by atoms with Crippen LogP contribution in [0.4, 0.5) is 0 Å². The van der Waals surface area contributed by atoms with E-state index in [9.17, 15) is 9.90 Å². The van der Waals surface area contributed by atoms with E-state index in [-0.39, 0.29) is 13.2 Å². The molecule has 2 heterocycles. The first-order valence-electron chi connectivity index (χ1n) is 8.60. The molecule has 1 aliphatic heterocycles.